The summed E-state index contributed by atoms with van der Waals surface area (Å²) in [6.45, 7) is 5.95. The van der Waals surface area contributed by atoms with Crippen molar-refractivity contribution in [3.63, 3.8) is 0 Å². The number of carbonyl (C=O) groups is 1. The quantitative estimate of drug-likeness (QED) is 0.615. The highest BCUT2D eigenvalue weighted by molar-refractivity contribution is 5.75. The van der Waals surface area contributed by atoms with Gasteiger partial charge < -0.3 is 10.5 Å². The first-order valence-corrected chi connectivity index (χ1v) is 4.24. The summed E-state index contributed by atoms with van der Waals surface area (Å²) < 4.78 is 5.50. The van der Waals surface area contributed by atoms with Crippen LogP contribution in [0.25, 0.3) is 0 Å². The maximum Gasteiger partial charge on any atom is 0.231 e. The van der Waals surface area contributed by atoms with Crippen LogP contribution in [0.3, 0.4) is 0 Å². The fraction of sp³-hybridized carbons (Fsp3) is 0.875. The summed E-state index contributed by atoms with van der Waals surface area (Å²) in [5.74, 6) is -0.267. The Morgan fingerprint density at radius 3 is 2.42 bits per heavy atom. The SMILES string of the molecule is CC1CN(CC(N)=O)CC(C)O1. The van der Waals surface area contributed by atoms with Crippen LogP contribution in [0, 0.1) is 0 Å². The predicted octanol–water partition coefficient (Wildman–Crippen LogP) is -0.419. The summed E-state index contributed by atoms with van der Waals surface area (Å²) in [4.78, 5) is 12.6. The lowest BCUT2D eigenvalue weighted by Gasteiger charge is -2.34. The molecule has 4 nitrogen and oxygen atoms in total. The molecular weight excluding hydrogens is 156 g/mol. The van der Waals surface area contributed by atoms with E-state index in [-0.39, 0.29) is 18.1 Å². The van der Waals surface area contributed by atoms with E-state index in [0.29, 0.717) is 6.54 Å². The smallest absolute Gasteiger partial charge is 0.231 e. The van der Waals surface area contributed by atoms with Crippen LogP contribution in [0.5, 0.6) is 0 Å². The van der Waals surface area contributed by atoms with Crippen molar-refractivity contribution in [3.8, 4) is 0 Å². The number of rotatable bonds is 2. The highest BCUT2D eigenvalue weighted by Crippen LogP contribution is 2.09. The van der Waals surface area contributed by atoms with Gasteiger partial charge in [-0.1, -0.05) is 0 Å². The van der Waals surface area contributed by atoms with Gasteiger partial charge in [0.2, 0.25) is 5.91 Å². The molecule has 0 radical (unpaired) electrons. The van der Waals surface area contributed by atoms with Crippen LogP contribution in [0.15, 0.2) is 0 Å². The van der Waals surface area contributed by atoms with Crippen molar-refractivity contribution in [2.45, 2.75) is 26.1 Å². The molecule has 2 atom stereocenters. The molecule has 1 rings (SSSR count). The van der Waals surface area contributed by atoms with E-state index in [2.05, 4.69) is 0 Å². The molecule has 1 aliphatic rings. The number of carbonyl (C=O) groups excluding carboxylic acids is 1. The zero-order valence-corrected chi connectivity index (χ0v) is 7.62. The third-order valence-corrected chi connectivity index (χ3v) is 1.87. The van der Waals surface area contributed by atoms with E-state index in [1.165, 1.54) is 0 Å². The van der Waals surface area contributed by atoms with Crippen LogP contribution in [-0.2, 0) is 9.53 Å². The monoisotopic (exact) mass is 172 g/mol. The number of hydrogen-bond acceptors (Lipinski definition) is 3. The van der Waals surface area contributed by atoms with Crippen molar-refractivity contribution < 1.29 is 9.53 Å². The molecule has 12 heavy (non-hydrogen) atoms. The zero-order chi connectivity index (χ0) is 9.14. The van der Waals surface area contributed by atoms with Crippen molar-refractivity contribution in [3.05, 3.63) is 0 Å². The van der Waals surface area contributed by atoms with E-state index in [1.54, 1.807) is 0 Å². The van der Waals surface area contributed by atoms with Gasteiger partial charge in [-0.25, -0.2) is 0 Å². The Hall–Kier alpha value is -0.610. The number of amides is 1. The molecule has 2 N–H and O–H groups in total. The van der Waals surface area contributed by atoms with Gasteiger partial charge in [0.15, 0.2) is 0 Å². The van der Waals surface area contributed by atoms with E-state index >= 15 is 0 Å². The molecular formula is C8H16N2O2. The van der Waals surface area contributed by atoms with Gasteiger partial charge in [0, 0.05) is 13.1 Å². The molecule has 1 fully saturated rings. The summed E-state index contributed by atoms with van der Waals surface area (Å²) in [7, 11) is 0. The number of nitrogens with two attached hydrogens (primary N) is 1. The fourth-order valence-electron chi connectivity index (χ4n) is 1.63. The Morgan fingerprint density at radius 1 is 1.50 bits per heavy atom. The van der Waals surface area contributed by atoms with E-state index in [1.807, 2.05) is 18.7 Å². The largest absolute Gasteiger partial charge is 0.373 e. The second-order valence-electron chi connectivity index (χ2n) is 3.42. The number of nitrogens with zero attached hydrogens (tertiary/aromatic N) is 1. The van der Waals surface area contributed by atoms with Crippen LogP contribution >= 0.6 is 0 Å². The van der Waals surface area contributed by atoms with Gasteiger partial charge in [0.1, 0.15) is 0 Å². The van der Waals surface area contributed by atoms with Gasteiger partial charge in [0.05, 0.1) is 18.8 Å². The van der Waals surface area contributed by atoms with Gasteiger partial charge >= 0.3 is 0 Å². The zero-order valence-electron chi connectivity index (χ0n) is 7.62. The Bertz CT molecular complexity index is 162. The molecule has 0 aromatic carbocycles. The Kier molecular flexibility index (Phi) is 3.05. The number of morpholine rings is 1. The molecule has 1 aliphatic heterocycles. The van der Waals surface area contributed by atoms with Crippen molar-refractivity contribution in [1.29, 1.82) is 0 Å². The molecule has 0 aromatic rings. The molecule has 0 aliphatic carbocycles. The molecule has 4 heteroatoms. The lowest BCUT2D eigenvalue weighted by Crippen LogP contribution is -2.48. The third kappa shape index (κ3) is 2.79. The lowest BCUT2D eigenvalue weighted by atomic mass is 10.2. The second kappa shape index (κ2) is 3.87. The predicted molar refractivity (Wildman–Crippen MR) is 45.6 cm³/mol. The lowest BCUT2D eigenvalue weighted by molar-refractivity contribution is -0.122. The summed E-state index contributed by atoms with van der Waals surface area (Å²) >= 11 is 0. The molecule has 0 bridgehead atoms. The van der Waals surface area contributed by atoms with Crippen LogP contribution in [0.1, 0.15) is 13.8 Å². The van der Waals surface area contributed by atoms with Crippen molar-refractivity contribution in [1.82, 2.24) is 4.90 Å². The molecule has 1 amide bonds. The first-order valence-electron chi connectivity index (χ1n) is 4.24. The molecule has 1 heterocycles. The van der Waals surface area contributed by atoms with E-state index in [9.17, 15) is 4.79 Å². The Balaban J connectivity index is 2.38. The first-order chi connectivity index (χ1) is 5.58. The average molecular weight is 172 g/mol. The van der Waals surface area contributed by atoms with Crippen LogP contribution in [-0.4, -0.2) is 42.6 Å². The molecule has 2 unspecified atom stereocenters. The van der Waals surface area contributed by atoms with Crippen molar-refractivity contribution in [2.75, 3.05) is 19.6 Å². The normalized spacial score (nSPS) is 31.8. The van der Waals surface area contributed by atoms with Crippen LogP contribution < -0.4 is 5.73 Å². The minimum absolute atomic E-state index is 0.202. The molecule has 70 valence electrons. The maximum atomic E-state index is 10.6. The van der Waals surface area contributed by atoms with Gasteiger partial charge in [-0.2, -0.15) is 0 Å². The standard InChI is InChI=1S/C8H16N2O2/c1-6-3-10(5-8(9)11)4-7(2)12-6/h6-7H,3-5H2,1-2H3,(H2,9,11). The van der Waals surface area contributed by atoms with Crippen molar-refractivity contribution >= 4 is 5.91 Å². The maximum absolute atomic E-state index is 10.6. The summed E-state index contributed by atoms with van der Waals surface area (Å²) in [5, 5.41) is 0. The van der Waals surface area contributed by atoms with Gasteiger partial charge in [-0.05, 0) is 13.8 Å². The number of primary amides is 1. The second-order valence-corrected chi connectivity index (χ2v) is 3.42. The molecule has 0 spiro atoms. The van der Waals surface area contributed by atoms with E-state index in [0.717, 1.165) is 13.1 Å². The summed E-state index contributed by atoms with van der Waals surface area (Å²) in [6, 6.07) is 0. The molecule has 1 saturated heterocycles. The van der Waals surface area contributed by atoms with Gasteiger partial charge in [0.25, 0.3) is 0 Å². The Morgan fingerprint density at radius 2 is 2.00 bits per heavy atom. The number of ether oxygens (including phenoxy) is 1. The van der Waals surface area contributed by atoms with Crippen LogP contribution in [0.4, 0.5) is 0 Å². The fourth-order valence-corrected chi connectivity index (χ4v) is 1.63. The molecule has 0 aromatic heterocycles. The molecule has 0 saturated carbocycles. The minimum Gasteiger partial charge on any atom is -0.373 e. The van der Waals surface area contributed by atoms with Gasteiger partial charge in [-0.15, -0.1) is 0 Å². The van der Waals surface area contributed by atoms with Crippen LogP contribution in [0.2, 0.25) is 0 Å². The van der Waals surface area contributed by atoms with E-state index in [4.69, 9.17) is 10.5 Å². The first kappa shape index (κ1) is 9.48. The number of hydrogen-bond donors (Lipinski definition) is 1. The third-order valence-electron chi connectivity index (χ3n) is 1.87. The summed E-state index contributed by atoms with van der Waals surface area (Å²) in [5.41, 5.74) is 5.09. The van der Waals surface area contributed by atoms with Crippen molar-refractivity contribution in [2.24, 2.45) is 5.73 Å². The minimum atomic E-state index is -0.267. The average Bonchev–Trinajstić information content (AvgIpc) is 1.81. The highest BCUT2D eigenvalue weighted by atomic mass is 16.5. The highest BCUT2D eigenvalue weighted by Gasteiger charge is 2.22. The van der Waals surface area contributed by atoms with Gasteiger partial charge in [-0.3, -0.25) is 9.69 Å². The Labute approximate surface area is 72.7 Å². The van der Waals surface area contributed by atoms with E-state index < -0.39 is 0 Å². The summed E-state index contributed by atoms with van der Waals surface area (Å²) in [6.07, 6.45) is 0.404. The topological polar surface area (TPSA) is 55.6 Å².